The summed E-state index contributed by atoms with van der Waals surface area (Å²) in [5.74, 6) is 1.99. The van der Waals surface area contributed by atoms with Crippen LogP contribution in [0.2, 0.25) is 0 Å². The number of terminal acetylenes is 1. The maximum absolute atomic E-state index is 13.9. The zero-order chi connectivity index (χ0) is 27.3. The van der Waals surface area contributed by atoms with Gasteiger partial charge in [0.25, 0.3) is 0 Å². The van der Waals surface area contributed by atoms with Crippen LogP contribution < -0.4 is 10.6 Å². The number of alkyl carbamates (subject to hydrolysis) is 1. The van der Waals surface area contributed by atoms with Crippen molar-refractivity contribution in [1.29, 1.82) is 0 Å². The summed E-state index contributed by atoms with van der Waals surface area (Å²) < 4.78 is 5.40. The van der Waals surface area contributed by atoms with Crippen molar-refractivity contribution in [3.8, 4) is 12.3 Å². The smallest absolute Gasteiger partial charge is 0.408 e. The number of nitrogens with one attached hydrogen (secondary N) is 2. The molecular weight excluding hydrogens is 454 g/mol. The molecule has 0 spiro atoms. The molecule has 0 bridgehead atoms. The second kappa shape index (κ2) is 15.0. The van der Waals surface area contributed by atoms with Crippen LogP contribution in [0.5, 0.6) is 0 Å². The lowest BCUT2D eigenvalue weighted by Gasteiger charge is -2.34. The summed E-state index contributed by atoms with van der Waals surface area (Å²) >= 11 is 0. The number of hydrogen-bond donors (Lipinski definition) is 2. The number of rotatable bonds is 13. The molecule has 3 amide bonds. The van der Waals surface area contributed by atoms with Crippen LogP contribution in [-0.2, 0) is 14.3 Å². The molecule has 0 radical (unpaired) electrons. The molecule has 0 aromatic heterocycles. The second-order valence-electron chi connectivity index (χ2n) is 10.2. The van der Waals surface area contributed by atoms with Gasteiger partial charge in [0.2, 0.25) is 11.8 Å². The first kappa shape index (κ1) is 30.8. The molecule has 1 aromatic rings. The maximum atomic E-state index is 13.9. The van der Waals surface area contributed by atoms with Gasteiger partial charge in [0.05, 0.1) is 0 Å². The van der Waals surface area contributed by atoms with Gasteiger partial charge >= 0.3 is 6.09 Å². The fourth-order valence-corrected chi connectivity index (χ4v) is 3.81. The molecule has 0 aliphatic rings. The summed E-state index contributed by atoms with van der Waals surface area (Å²) in [6.45, 7) is 15.7. The fraction of sp³-hybridized carbons (Fsp3) is 0.552. The monoisotopic (exact) mass is 497 g/mol. The SMILES string of the molecule is C#Cc1ccccc1C(C(=O)NCCCCC)N(CC=C)C(=O)C(CC(C)C)NC(=O)OC(C)(C)C. The van der Waals surface area contributed by atoms with Crippen molar-refractivity contribution in [3.63, 3.8) is 0 Å². The van der Waals surface area contributed by atoms with E-state index in [0.29, 0.717) is 24.1 Å². The van der Waals surface area contributed by atoms with Crippen LogP contribution in [0.4, 0.5) is 4.79 Å². The van der Waals surface area contributed by atoms with Gasteiger partial charge in [-0.1, -0.05) is 63.8 Å². The van der Waals surface area contributed by atoms with Crippen molar-refractivity contribution < 1.29 is 19.1 Å². The quantitative estimate of drug-likeness (QED) is 0.229. The molecule has 2 N–H and O–H groups in total. The van der Waals surface area contributed by atoms with E-state index in [1.807, 2.05) is 13.8 Å². The van der Waals surface area contributed by atoms with Gasteiger partial charge in [0.1, 0.15) is 17.7 Å². The number of amides is 3. The summed E-state index contributed by atoms with van der Waals surface area (Å²) in [5.41, 5.74) is 0.348. The molecule has 0 saturated heterocycles. The molecule has 7 heteroatoms. The molecule has 198 valence electrons. The van der Waals surface area contributed by atoms with Gasteiger partial charge in [-0.15, -0.1) is 13.0 Å². The van der Waals surface area contributed by atoms with Crippen molar-refractivity contribution in [2.45, 2.75) is 84.9 Å². The van der Waals surface area contributed by atoms with Crippen LogP contribution in [-0.4, -0.2) is 47.5 Å². The van der Waals surface area contributed by atoms with Gasteiger partial charge in [0.15, 0.2) is 0 Å². The van der Waals surface area contributed by atoms with Crippen LogP contribution in [0.1, 0.15) is 84.4 Å². The molecule has 0 saturated carbocycles. The van der Waals surface area contributed by atoms with Crippen molar-refractivity contribution in [2.75, 3.05) is 13.1 Å². The molecule has 0 fully saturated rings. The first-order chi connectivity index (χ1) is 16.9. The van der Waals surface area contributed by atoms with Crippen molar-refractivity contribution in [3.05, 3.63) is 48.0 Å². The highest BCUT2D eigenvalue weighted by Crippen LogP contribution is 2.26. The highest BCUT2D eigenvalue weighted by Gasteiger charge is 2.36. The van der Waals surface area contributed by atoms with Crippen molar-refractivity contribution >= 4 is 17.9 Å². The number of benzene rings is 1. The lowest BCUT2D eigenvalue weighted by atomic mass is 9.96. The van der Waals surface area contributed by atoms with E-state index in [4.69, 9.17) is 11.2 Å². The third kappa shape index (κ3) is 10.2. The Morgan fingerprint density at radius 1 is 1.19 bits per heavy atom. The normalized spacial score (nSPS) is 12.7. The summed E-state index contributed by atoms with van der Waals surface area (Å²) in [6.07, 6.45) is 9.83. The summed E-state index contributed by atoms with van der Waals surface area (Å²) in [5, 5.41) is 5.68. The minimum absolute atomic E-state index is 0.0926. The Kier molecular flexibility index (Phi) is 12.8. The Bertz CT molecular complexity index is 927. The van der Waals surface area contributed by atoms with E-state index < -0.39 is 29.7 Å². The highest BCUT2D eigenvalue weighted by molar-refractivity contribution is 5.92. The van der Waals surface area contributed by atoms with E-state index in [1.165, 1.54) is 4.90 Å². The number of carbonyl (C=O) groups excluding carboxylic acids is 3. The van der Waals surface area contributed by atoms with E-state index >= 15 is 0 Å². The first-order valence-corrected chi connectivity index (χ1v) is 12.7. The maximum Gasteiger partial charge on any atom is 0.408 e. The minimum atomic E-state index is -0.987. The van der Waals surface area contributed by atoms with E-state index in [1.54, 1.807) is 51.1 Å². The third-order valence-corrected chi connectivity index (χ3v) is 5.36. The fourth-order valence-electron chi connectivity index (χ4n) is 3.81. The van der Waals surface area contributed by atoms with Crippen LogP contribution in [0.3, 0.4) is 0 Å². The predicted octanol–water partition coefficient (Wildman–Crippen LogP) is 4.97. The van der Waals surface area contributed by atoms with Crippen molar-refractivity contribution in [1.82, 2.24) is 15.5 Å². The average Bonchev–Trinajstić information content (AvgIpc) is 2.79. The van der Waals surface area contributed by atoms with Crippen molar-refractivity contribution in [2.24, 2.45) is 5.92 Å². The molecule has 7 nitrogen and oxygen atoms in total. The van der Waals surface area contributed by atoms with E-state index in [9.17, 15) is 14.4 Å². The number of carbonyl (C=O) groups is 3. The van der Waals surface area contributed by atoms with E-state index in [-0.39, 0.29) is 18.4 Å². The molecule has 0 aliphatic carbocycles. The molecule has 1 rings (SSSR count). The lowest BCUT2D eigenvalue weighted by molar-refractivity contribution is -0.142. The van der Waals surface area contributed by atoms with Gasteiger partial charge in [-0.25, -0.2) is 4.79 Å². The Morgan fingerprint density at radius 2 is 1.86 bits per heavy atom. The van der Waals surface area contributed by atoms with Gasteiger partial charge in [0, 0.05) is 18.7 Å². The lowest BCUT2D eigenvalue weighted by Crippen LogP contribution is -2.53. The molecule has 1 aromatic carbocycles. The molecule has 36 heavy (non-hydrogen) atoms. The zero-order valence-corrected chi connectivity index (χ0v) is 22.7. The Hall–Kier alpha value is -3.27. The summed E-state index contributed by atoms with van der Waals surface area (Å²) in [6, 6.07) is 5.20. The number of unbranched alkanes of at least 4 members (excludes halogenated alkanes) is 2. The van der Waals surface area contributed by atoms with Crippen LogP contribution in [0.15, 0.2) is 36.9 Å². The average molecular weight is 498 g/mol. The minimum Gasteiger partial charge on any atom is -0.444 e. The largest absolute Gasteiger partial charge is 0.444 e. The Labute approximate surface area is 217 Å². The van der Waals surface area contributed by atoms with Gasteiger partial charge in [-0.3, -0.25) is 9.59 Å². The van der Waals surface area contributed by atoms with Gasteiger partial charge in [-0.05, 0) is 51.2 Å². The molecular formula is C29H43N3O4. The van der Waals surface area contributed by atoms with Crippen LogP contribution >= 0.6 is 0 Å². The van der Waals surface area contributed by atoms with Gasteiger partial charge in [-0.2, -0.15) is 0 Å². The van der Waals surface area contributed by atoms with Gasteiger partial charge < -0.3 is 20.3 Å². The predicted molar refractivity (Wildman–Crippen MR) is 144 cm³/mol. The Balaban J connectivity index is 3.45. The summed E-state index contributed by atoms with van der Waals surface area (Å²) in [7, 11) is 0. The van der Waals surface area contributed by atoms with Crippen LogP contribution in [0.25, 0.3) is 0 Å². The number of hydrogen-bond acceptors (Lipinski definition) is 4. The second-order valence-corrected chi connectivity index (χ2v) is 10.2. The highest BCUT2D eigenvalue weighted by atomic mass is 16.6. The standard InChI is InChI=1S/C29H43N3O4/c1-9-12-15-18-30-26(33)25(23-17-14-13-16-22(23)11-3)32(19-10-2)27(34)24(20-21(4)5)31-28(35)36-29(6,7)8/h3,10,13-14,16-17,21,24-25H,2,9,12,15,18-20H2,1,4-8H3,(H,30,33)(H,31,35). The van der Waals surface area contributed by atoms with Crippen LogP contribution in [0, 0.1) is 18.3 Å². The number of ether oxygens (including phenoxy) is 1. The molecule has 2 unspecified atom stereocenters. The Morgan fingerprint density at radius 3 is 2.42 bits per heavy atom. The zero-order valence-electron chi connectivity index (χ0n) is 22.7. The first-order valence-electron chi connectivity index (χ1n) is 12.7. The molecule has 0 heterocycles. The third-order valence-electron chi connectivity index (χ3n) is 5.36. The summed E-state index contributed by atoms with van der Waals surface area (Å²) in [4.78, 5) is 41.5. The van der Waals surface area contributed by atoms with E-state index in [2.05, 4.69) is 30.1 Å². The van der Waals surface area contributed by atoms with E-state index in [0.717, 1.165) is 19.3 Å². The number of nitrogens with zero attached hydrogens (tertiary/aromatic N) is 1. The molecule has 0 aliphatic heterocycles. The molecule has 2 atom stereocenters. The topological polar surface area (TPSA) is 87.7 Å².